The summed E-state index contributed by atoms with van der Waals surface area (Å²) in [5.41, 5.74) is 5.57. The highest BCUT2D eigenvalue weighted by atomic mass is 32.1. The molecule has 1 aliphatic heterocycles. The van der Waals surface area contributed by atoms with Crippen molar-refractivity contribution in [2.75, 3.05) is 6.54 Å². The van der Waals surface area contributed by atoms with Gasteiger partial charge in [0.15, 0.2) is 0 Å². The zero-order valence-electron chi connectivity index (χ0n) is 13.0. The minimum Gasteiger partial charge on any atom is -0.480 e. The minimum absolute atomic E-state index is 0.363. The molecule has 0 amide bonds. The predicted octanol–water partition coefficient (Wildman–Crippen LogP) is 1.82. The molecule has 0 aromatic carbocycles. The number of nitrogens with two attached hydrogens (primary N) is 1. The van der Waals surface area contributed by atoms with E-state index in [1.54, 1.807) is 31.7 Å². The quantitative estimate of drug-likeness (QED) is 0.820. The second-order valence-corrected chi connectivity index (χ2v) is 7.39. The first-order chi connectivity index (χ1) is 10.2. The summed E-state index contributed by atoms with van der Waals surface area (Å²) in [6, 6.07) is 2.77. The molecule has 1 saturated heterocycles. The standard InChI is InChI=1S/C15H22N2O4S/c1-15(2,3)21-14(20)9-6-7-17(12(9)16)11(13(18)19)10-5-4-8-22-10/h4-5,8-9,11-12H,6-7,16H2,1-3H3,(H,18,19)/t9-,11-,12+/m0/s1. The normalized spacial score (nSPS) is 24.2. The van der Waals surface area contributed by atoms with E-state index in [4.69, 9.17) is 10.5 Å². The van der Waals surface area contributed by atoms with Gasteiger partial charge in [0, 0.05) is 11.4 Å². The number of nitrogens with zero attached hydrogens (tertiary/aromatic N) is 1. The van der Waals surface area contributed by atoms with Gasteiger partial charge in [0.05, 0.1) is 12.1 Å². The van der Waals surface area contributed by atoms with Gasteiger partial charge in [-0.2, -0.15) is 0 Å². The van der Waals surface area contributed by atoms with Crippen molar-refractivity contribution in [2.45, 2.75) is 45.0 Å². The van der Waals surface area contributed by atoms with Crippen molar-refractivity contribution in [3.05, 3.63) is 22.4 Å². The Balaban J connectivity index is 2.14. The highest BCUT2D eigenvalue weighted by molar-refractivity contribution is 7.10. The third-order valence-electron chi connectivity index (χ3n) is 3.58. The summed E-state index contributed by atoms with van der Waals surface area (Å²) >= 11 is 1.37. The van der Waals surface area contributed by atoms with Gasteiger partial charge in [0.25, 0.3) is 0 Å². The van der Waals surface area contributed by atoms with Gasteiger partial charge in [-0.3, -0.25) is 14.5 Å². The molecule has 1 aromatic rings. The number of ether oxygens (including phenoxy) is 1. The zero-order chi connectivity index (χ0) is 16.5. The monoisotopic (exact) mass is 326 g/mol. The number of hydrogen-bond donors (Lipinski definition) is 2. The van der Waals surface area contributed by atoms with Crippen LogP contribution in [0.2, 0.25) is 0 Å². The molecular formula is C15H22N2O4S. The van der Waals surface area contributed by atoms with Crippen molar-refractivity contribution in [1.29, 1.82) is 0 Å². The molecule has 2 rings (SSSR count). The summed E-state index contributed by atoms with van der Waals surface area (Å²) in [7, 11) is 0. The Kier molecular flexibility index (Phi) is 4.89. The lowest BCUT2D eigenvalue weighted by Crippen LogP contribution is -2.47. The zero-order valence-corrected chi connectivity index (χ0v) is 13.8. The van der Waals surface area contributed by atoms with E-state index in [-0.39, 0.29) is 5.97 Å². The van der Waals surface area contributed by atoms with Gasteiger partial charge in [0.2, 0.25) is 0 Å². The topological polar surface area (TPSA) is 92.9 Å². The molecule has 0 bridgehead atoms. The van der Waals surface area contributed by atoms with E-state index in [1.165, 1.54) is 11.3 Å². The van der Waals surface area contributed by atoms with Crippen LogP contribution >= 0.6 is 11.3 Å². The van der Waals surface area contributed by atoms with Crippen LogP contribution in [0, 0.1) is 5.92 Å². The van der Waals surface area contributed by atoms with E-state index >= 15 is 0 Å². The Bertz CT molecular complexity index is 538. The van der Waals surface area contributed by atoms with Gasteiger partial charge in [-0.25, -0.2) is 0 Å². The molecule has 0 spiro atoms. The van der Waals surface area contributed by atoms with Gasteiger partial charge in [0.1, 0.15) is 11.6 Å². The first kappa shape index (κ1) is 16.9. The third kappa shape index (κ3) is 3.66. The van der Waals surface area contributed by atoms with E-state index in [9.17, 15) is 14.7 Å². The molecule has 2 heterocycles. The van der Waals surface area contributed by atoms with E-state index < -0.39 is 29.7 Å². The number of esters is 1. The van der Waals surface area contributed by atoms with Crippen LogP contribution in [0.3, 0.4) is 0 Å². The van der Waals surface area contributed by atoms with Crippen LogP contribution < -0.4 is 5.73 Å². The molecule has 0 saturated carbocycles. The van der Waals surface area contributed by atoms with Crippen molar-refractivity contribution in [3.63, 3.8) is 0 Å². The van der Waals surface area contributed by atoms with Crippen LogP contribution in [-0.2, 0) is 14.3 Å². The molecule has 22 heavy (non-hydrogen) atoms. The average Bonchev–Trinajstić information content (AvgIpc) is 2.99. The minimum atomic E-state index is -0.956. The molecule has 3 N–H and O–H groups in total. The Morgan fingerprint density at radius 1 is 1.50 bits per heavy atom. The SMILES string of the molecule is CC(C)(C)OC(=O)[C@H]1CCN([C@H](C(=O)O)c2cccs2)[C@H]1N. The lowest BCUT2D eigenvalue weighted by atomic mass is 10.1. The molecule has 0 unspecified atom stereocenters. The molecule has 1 aliphatic rings. The fourth-order valence-corrected chi connectivity index (χ4v) is 3.49. The van der Waals surface area contributed by atoms with Crippen LogP contribution in [0.4, 0.5) is 0 Å². The average molecular weight is 326 g/mol. The maximum absolute atomic E-state index is 12.2. The Hall–Kier alpha value is -1.44. The van der Waals surface area contributed by atoms with Crippen LogP contribution in [-0.4, -0.2) is 40.3 Å². The summed E-state index contributed by atoms with van der Waals surface area (Å²) in [5, 5.41) is 11.4. The molecule has 0 aliphatic carbocycles. The van der Waals surface area contributed by atoms with Crippen molar-refractivity contribution in [1.82, 2.24) is 4.90 Å². The number of likely N-dealkylation sites (tertiary alicyclic amines) is 1. The van der Waals surface area contributed by atoms with Gasteiger partial charge < -0.3 is 15.6 Å². The number of rotatable bonds is 4. The number of carboxylic acid groups (broad SMARTS) is 1. The summed E-state index contributed by atoms with van der Waals surface area (Å²) in [4.78, 5) is 26.2. The molecule has 7 heteroatoms. The highest BCUT2D eigenvalue weighted by Crippen LogP contribution is 2.34. The number of hydrogen-bond acceptors (Lipinski definition) is 6. The second kappa shape index (κ2) is 6.36. The number of aliphatic carboxylic acids is 1. The number of carboxylic acids is 1. The predicted molar refractivity (Wildman–Crippen MR) is 83.3 cm³/mol. The summed E-state index contributed by atoms with van der Waals surface area (Å²) in [6.07, 6.45) is -0.149. The fraction of sp³-hybridized carbons (Fsp3) is 0.600. The highest BCUT2D eigenvalue weighted by Gasteiger charge is 2.44. The summed E-state index contributed by atoms with van der Waals surface area (Å²) in [5.74, 6) is -1.82. The van der Waals surface area contributed by atoms with Crippen LogP contribution in [0.15, 0.2) is 17.5 Å². The van der Waals surface area contributed by atoms with E-state index in [2.05, 4.69) is 0 Å². The summed E-state index contributed by atoms with van der Waals surface area (Å²) in [6.45, 7) is 5.86. The molecule has 1 fully saturated rings. The first-order valence-electron chi connectivity index (χ1n) is 7.21. The number of carbonyl (C=O) groups is 2. The number of carbonyl (C=O) groups excluding carboxylic acids is 1. The maximum atomic E-state index is 12.2. The molecule has 6 nitrogen and oxygen atoms in total. The van der Waals surface area contributed by atoms with E-state index in [1.807, 2.05) is 11.4 Å². The van der Waals surface area contributed by atoms with Gasteiger partial charge in [-0.1, -0.05) is 6.07 Å². The van der Waals surface area contributed by atoms with Gasteiger partial charge >= 0.3 is 11.9 Å². The first-order valence-corrected chi connectivity index (χ1v) is 8.09. The molecule has 3 atom stereocenters. The number of thiophene rings is 1. The van der Waals surface area contributed by atoms with Crippen LogP contribution in [0.5, 0.6) is 0 Å². The molecule has 122 valence electrons. The smallest absolute Gasteiger partial charge is 0.326 e. The lowest BCUT2D eigenvalue weighted by Gasteiger charge is -2.29. The van der Waals surface area contributed by atoms with E-state index in [0.717, 1.165) is 0 Å². The maximum Gasteiger partial charge on any atom is 0.326 e. The lowest BCUT2D eigenvalue weighted by molar-refractivity contribution is -0.161. The van der Waals surface area contributed by atoms with Crippen molar-refractivity contribution >= 4 is 23.3 Å². The van der Waals surface area contributed by atoms with Crippen LogP contribution in [0.25, 0.3) is 0 Å². The Morgan fingerprint density at radius 3 is 2.68 bits per heavy atom. The van der Waals surface area contributed by atoms with Crippen LogP contribution in [0.1, 0.15) is 38.1 Å². The van der Waals surface area contributed by atoms with Gasteiger partial charge in [-0.05, 0) is 38.6 Å². The molecular weight excluding hydrogens is 304 g/mol. The fourth-order valence-electron chi connectivity index (χ4n) is 2.65. The summed E-state index contributed by atoms with van der Waals surface area (Å²) < 4.78 is 5.38. The van der Waals surface area contributed by atoms with Crippen molar-refractivity contribution in [2.24, 2.45) is 11.7 Å². The molecule has 1 aromatic heterocycles. The Labute approximate surface area is 133 Å². The van der Waals surface area contributed by atoms with Crippen molar-refractivity contribution in [3.8, 4) is 0 Å². The van der Waals surface area contributed by atoms with E-state index in [0.29, 0.717) is 17.8 Å². The largest absolute Gasteiger partial charge is 0.480 e. The van der Waals surface area contributed by atoms with Gasteiger partial charge in [-0.15, -0.1) is 11.3 Å². The second-order valence-electron chi connectivity index (χ2n) is 6.41. The van der Waals surface area contributed by atoms with Crippen molar-refractivity contribution < 1.29 is 19.4 Å². The molecule has 0 radical (unpaired) electrons. The third-order valence-corrected chi connectivity index (χ3v) is 4.51. The Morgan fingerprint density at radius 2 is 2.18 bits per heavy atom.